The second kappa shape index (κ2) is 2.86. The van der Waals surface area contributed by atoms with Crippen molar-refractivity contribution in [3.63, 3.8) is 0 Å². The zero-order valence-corrected chi connectivity index (χ0v) is 6.43. The Morgan fingerprint density at radius 2 is 2.50 bits per heavy atom. The van der Waals surface area contributed by atoms with Crippen molar-refractivity contribution in [2.45, 2.75) is 19.8 Å². The number of piperidine rings is 1. The standard InChI is InChI=1S/C8H14N2/c1-7-4-3-5-10(6-9)8(7)2/h6-7,9H,2-5H2,1H3. The quantitative estimate of drug-likeness (QED) is 0.434. The van der Waals surface area contributed by atoms with Gasteiger partial charge < -0.3 is 4.90 Å². The third kappa shape index (κ3) is 1.20. The highest BCUT2D eigenvalue weighted by atomic mass is 15.1. The average Bonchev–Trinajstić information content (AvgIpc) is 1.95. The molecule has 0 aromatic carbocycles. The van der Waals surface area contributed by atoms with Crippen molar-refractivity contribution in [3.8, 4) is 0 Å². The Labute approximate surface area is 62.0 Å². The van der Waals surface area contributed by atoms with Gasteiger partial charge in [-0.3, -0.25) is 5.41 Å². The lowest BCUT2D eigenvalue weighted by molar-refractivity contribution is 0.354. The largest absolute Gasteiger partial charge is 0.337 e. The third-order valence-electron chi connectivity index (χ3n) is 2.13. The second-order valence-electron chi connectivity index (χ2n) is 2.86. The summed E-state index contributed by atoms with van der Waals surface area (Å²) in [7, 11) is 0. The van der Waals surface area contributed by atoms with Gasteiger partial charge in [-0.2, -0.15) is 0 Å². The van der Waals surface area contributed by atoms with E-state index in [1.165, 1.54) is 19.2 Å². The Morgan fingerprint density at radius 1 is 1.80 bits per heavy atom. The van der Waals surface area contributed by atoms with Gasteiger partial charge in [0, 0.05) is 12.2 Å². The monoisotopic (exact) mass is 138 g/mol. The van der Waals surface area contributed by atoms with Crippen LogP contribution in [-0.4, -0.2) is 17.8 Å². The van der Waals surface area contributed by atoms with E-state index in [4.69, 9.17) is 5.41 Å². The van der Waals surface area contributed by atoms with Gasteiger partial charge in [0.2, 0.25) is 0 Å². The molecule has 1 rings (SSSR count). The molecule has 10 heavy (non-hydrogen) atoms. The van der Waals surface area contributed by atoms with Crippen molar-refractivity contribution in [1.29, 1.82) is 5.41 Å². The minimum atomic E-state index is 0.565. The smallest absolute Gasteiger partial charge is 0.0859 e. The molecule has 0 aliphatic carbocycles. The summed E-state index contributed by atoms with van der Waals surface area (Å²) < 4.78 is 0. The van der Waals surface area contributed by atoms with Crippen LogP contribution in [0.5, 0.6) is 0 Å². The molecule has 1 aliphatic rings. The molecule has 1 fully saturated rings. The molecule has 1 unspecified atom stereocenters. The summed E-state index contributed by atoms with van der Waals surface area (Å²) in [6.45, 7) is 7.07. The summed E-state index contributed by atoms with van der Waals surface area (Å²) >= 11 is 0. The molecule has 0 amide bonds. The van der Waals surface area contributed by atoms with Crippen LogP contribution in [0.2, 0.25) is 0 Å². The summed E-state index contributed by atoms with van der Waals surface area (Å²) in [4.78, 5) is 1.92. The third-order valence-corrected chi connectivity index (χ3v) is 2.13. The lowest BCUT2D eigenvalue weighted by atomic mass is 9.97. The molecule has 2 nitrogen and oxygen atoms in total. The molecule has 1 heterocycles. The predicted octanol–water partition coefficient (Wildman–Crippen LogP) is 1.84. The van der Waals surface area contributed by atoms with Gasteiger partial charge in [0.1, 0.15) is 0 Å². The lowest BCUT2D eigenvalue weighted by Crippen LogP contribution is -2.29. The summed E-state index contributed by atoms with van der Waals surface area (Å²) in [6.07, 6.45) is 3.79. The summed E-state index contributed by atoms with van der Waals surface area (Å²) in [5.74, 6) is 0.565. The Hall–Kier alpha value is -0.790. The first kappa shape index (κ1) is 7.32. The topological polar surface area (TPSA) is 27.1 Å². The van der Waals surface area contributed by atoms with Crippen molar-refractivity contribution in [1.82, 2.24) is 4.90 Å². The zero-order chi connectivity index (χ0) is 7.56. The number of allylic oxidation sites excluding steroid dienone is 1. The van der Waals surface area contributed by atoms with Gasteiger partial charge in [-0.05, 0) is 18.8 Å². The molecule has 1 saturated heterocycles. The predicted molar refractivity (Wildman–Crippen MR) is 43.0 cm³/mol. The van der Waals surface area contributed by atoms with Gasteiger partial charge >= 0.3 is 0 Å². The molecule has 0 spiro atoms. The maximum atomic E-state index is 7.06. The Morgan fingerprint density at radius 3 is 3.00 bits per heavy atom. The van der Waals surface area contributed by atoms with E-state index in [1.54, 1.807) is 0 Å². The molecule has 0 aromatic rings. The van der Waals surface area contributed by atoms with Crippen LogP contribution in [0.4, 0.5) is 0 Å². The molecule has 1 atom stereocenters. The van der Waals surface area contributed by atoms with Gasteiger partial charge in [0.25, 0.3) is 0 Å². The van der Waals surface area contributed by atoms with Gasteiger partial charge in [-0.25, -0.2) is 0 Å². The fourth-order valence-corrected chi connectivity index (χ4v) is 1.31. The highest BCUT2D eigenvalue weighted by Crippen LogP contribution is 2.23. The molecule has 2 heteroatoms. The van der Waals surface area contributed by atoms with Crippen LogP contribution in [0, 0.1) is 11.3 Å². The van der Waals surface area contributed by atoms with Gasteiger partial charge in [0.15, 0.2) is 0 Å². The average molecular weight is 138 g/mol. The highest BCUT2D eigenvalue weighted by Gasteiger charge is 2.17. The van der Waals surface area contributed by atoms with Crippen LogP contribution in [-0.2, 0) is 0 Å². The molecule has 1 aliphatic heterocycles. The van der Waals surface area contributed by atoms with Crippen molar-refractivity contribution in [2.75, 3.05) is 6.54 Å². The van der Waals surface area contributed by atoms with Crippen LogP contribution in [0.25, 0.3) is 0 Å². The Balaban J connectivity index is 2.59. The van der Waals surface area contributed by atoms with E-state index < -0.39 is 0 Å². The maximum absolute atomic E-state index is 7.06. The van der Waals surface area contributed by atoms with Crippen molar-refractivity contribution in [3.05, 3.63) is 12.3 Å². The summed E-state index contributed by atoms with van der Waals surface area (Å²) in [6, 6.07) is 0. The number of hydrogen-bond acceptors (Lipinski definition) is 1. The highest BCUT2D eigenvalue weighted by molar-refractivity contribution is 5.54. The first-order valence-corrected chi connectivity index (χ1v) is 3.71. The molecule has 0 radical (unpaired) electrons. The molecule has 56 valence electrons. The van der Waals surface area contributed by atoms with E-state index in [2.05, 4.69) is 13.5 Å². The van der Waals surface area contributed by atoms with E-state index in [9.17, 15) is 0 Å². The van der Waals surface area contributed by atoms with E-state index in [0.29, 0.717) is 5.92 Å². The van der Waals surface area contributed by atoms with E-state index in [1.807, 2.05) is 4.90 Å². The van der Waals surface area contributed by atoms with Crippen LogP contribution in [0.1, 0.15) is 19.8 Å². The molecule has 0 aromatic heterocycles. The van der Waals surface area contributed by atoms with Gasteiger partial charge in [-0.1, -0.05) is 13.5 Å². The summed E-state index contributed by atoms with van der Waals surface area (Å²) in [5.41, 5.74) is 1.10. The van der Waals surface area contributed by atoms with Crippen LogP contribution in [0.3, 0.4) is 0 Å². The number of likely N-dealkylation sites (tertiary alicyclic amines) is 1. The molecule has 1 N–H and O–H groups in total. The van der Waals surface area contributed by atoms with Crippen molar-refractivity contribution >= 4 is 6.34 Å². The van der Waals surface area contributed by atoms with Crippen LogP contribution < -0.4 is 0 Å². The molecule has 0 saturated carbocycles. The van der Waals surface area contributed by atoms with Gasteiger partial charge in [-0.15, -0.1) is 0 Å². The van der Waals surface area contributed by atoms with E-state index in [-0.39, 0.29) is 0 Å². The van der Waals surface area contributed by atoms with E-state index >= 15 is 0 Å². The molecular weight excluding hydrogens is 124 g/mol. The van der Waals surface area contributed by atoms with Gasteiger partial charge in [0.05, 0.1) is 6.34 Å². The first-order chi connectivity index (χ1) is 4.75. The number of nitrogens with zero attached hydrogens (tertiary/aromatic N) is 1. The first-order valence-electron chi connectivity index (χ1n) is 3.71. The number of nitrogens with one attached hydrogen (secondary N) is 1. The minimum absolute atomic E-state index is 0.565. The minimum Gasteiger partial charge on any atom is -0.337 e. The zero-order valence-electron chi connectivity index (χ0n) is 6.43. The SMILES string of the molecule is C=C1C(C)CCCN1C=N. The number of rotatable bonds is 1. The Kier molecular flexibility index (Phi) is 2.10. The fourth-order valence-electron chi connectivity index (χ4n) is 1.31. The molecule has 0 bridgehead atoms. The molecular formula is C8H14N2. The summed E-state index contributed by atoms with van der Waals surface area (Å²) in [5, 5.41) is 7.06. The maximum Gasteiger partial charge on any atom is 0.0859 e. The van der Waals surface area contributed by atoms with Crippen LogP contribution in [0.15, 0.2) is 12.3 Å². The second-order valence-corrected chi connectivity index (χ2v) is 2.86. The fraction of sp³-hybridized carbons (Fsp3) is 0.625. The number of hydrogen-bond donors (Lipinski definition) is 1. The normalized spacial score (nSPS) is 26.7. The lowest BCUT2D eigenvalue weighted by Gasteiger charge is -2.31. The van der Waals surface area contributed by atoms with Crippen molar-refractivity contribution in [2.24, 2.45) is 5.92 Å². The van der Waals surface area contributed by atoms with Crippen molar-refractivity contribution < 1.29 is 0 Å². The van der Waals surface area contributed by atoms with Crippen LogP contribution >= 0.6 is 0 Å². The van der Waals surface area contributed by atoms with E-state index in [0.717, 1.165) is 12.2 Å². The Bertz CT molecular complexity index is 151.